The Hall–Kier alpha value is -0.790. The van der Waals surface area contributed by atoms with Crippen molar-refractivity contribution in [3.8, 4) is 0 Å². The molecule has 1 nitrogen and oxygen atoms in total. The van der Waals surface area contributed by atoms with Crippen molar-refractivity contribution < 1.29 is 0 Å². The molecule has 0 saturated heterocycles. The van der Waals surface area contributed by atoms with Crippen LogP contribution < -0.4 is 0 Å². The first-order valence-electron chi connectivity index (χ1n) is 10.3. The summed E-state index contributed by atoms with van der Waals surface area (Å²) in [6, 6.07) is 10.6. The van der Waals surface area contributed by atoms with Gasteiger partial charge < -0.3 is 0 Å². The molecule has 0 aliphatic rings. The second-order valence-corrected chi connectivity index (χ2v) is 6.89. The van der Waals surface area contributed by atoms with Crippen LogP contribution in [0.25, 0.3) is 6.08 Å². The van der Waals surface area contributed by atoms with E-state index in [1.54, 1.807) is 0 Å². The number of halogens is 1. The van der Waals surface area contributed by atoms with Gasteiger partial charge in [0.15, 0.2) is 0 Å². The van der Waals surface area contributed by atoms with Crippen LogP contribution >= 0.6 is 12.4 Å². The number of nitrogens with zero attached hydrogens (tertiary/aromatic N) is 1. The SMILES string of the molecule is CCCCCCCCCCCCN(CC)CC=Cc1ccccc1.Cl. The van der Waals surface area contributed by atoms with Crippen LogP contribution in [0.3, 0.4) is 0 Å². The van der Waals surface area contributed by atoms with Crippen molar-refractivity contribution in [2.45, 2.75) is 78.1 Å². The third-order valence-electron chi connectivity index (χ3n) is 4.75. The summed E-state index contributed by atoms with van der Waals surface area (Å²) in [6.45, 7) is 8.02. The van der Waals surface area contributed by atoms with Crippen molar-refractivity contribution in [2.24, 2.45) is 0 Å². The molecule has 0 aliphatic heterocycles. The molecule has 0 unspecified atom stereocenters. The lowest BCUT2D eigenvalue weighted by atomic mass is 10.1. The fourth-order valence-corrected chi connectivity index (χ4v) is 3.10. The smallest absolute Gasteiger partial charge is 0.0166 e. The Kier molecular flexibility index (Phi) is 17.4. The van der Waals surface area contributed by atoms with E-state index in [2.05, 4.69) is 61.2 Å². The van der Waals surface area contributed by atoms with Crippen molar-refractivity contribution in [3.63, 3.8) is 0 Å². The average molecular weight is 366 g/mol. The van der Waals surface area contributed by atoms with Gasteiger partial charge in [0.25, 0.3) is 0 Å². The van der Waals surface area contributed by atoms with E-state index in [9.17, 15) is 0 Å². The summed E-state index contributed by atoms with van der Waals surface area (Å²) in [5, 5.41) is 0. The molecule has 0 heterocycles. The van der Waals surface area contributed by atoms with Crippen LogP contribution in [-0.4, -0.2) is 24.5 Å². The Morgan fingerprint density at radius 1 is 0.760 bits per heavy atom. The topological polar surface area (TPSA) is 3.24 Å². The number of unbranched alkanes of at least 4 members (excludes halogenated alkanes) is 9. The third kappa shape index (κ3) is 14.1. The highest BCUT2D eigenvalue weighted by molar-refractivity contribution is 5.85. The van der Waals surface area contributed by atoms with Crippen molar-refractivity contribution in [3.05, 3.63) is 42.0 Å². The second-order valence-electron chi connectivity index (χ2n) is 6.89. The lowest BCUT2D eigenvalue weighted by molar-refractivity contribution is 0.309. The summed E-state index contributed by atoms with van der Waals surface area (Å²) in [7, 11) is 0. The first-order chi connectivity index (χ1) is 11.9. The van der Waals surface area contributed by atoms with Crippen LogP contribution in [0, 0.1) is 0 Å². The number of likely N-dealkylation sites (N-methyl/N-ethyl adjacent to an activating group) is 1. The molecule has 1 aromatic carbocycles. The summed E-state index contributed by atoms with van der Waals surface area (Å²) in [5.41, 5.74) is 1.30. The van der Waals surface area contributed by atoms with Gasteiger partial charge >= 0.3 is 0 Å². The summed E-state index contributed by atoms with van der Waals surface area (Å²) in [5.74, 6) is 0. The molecule has 0 N–H and O–H groups in total. The van der Waals surface area contributed by atoms with Crippen LogP contribution in [-0.2, 0) is 0 Å². The summed E-state index contributed by atoms with van der Waals surface area (Å²) >= 11 is 0. The average Bonchev–Trinajstić information content (AvgIpc) is 2.62. The molecule has 1 rings (SSSR count). The molecule has 1 aromatic rings. The van der Waals surface area contributed by atoms with E-state index in [0.717, 1.165) is 13.1 Å². The molecule has 0 radical (unpaired) electrons. The van der Waals surface area contributed by atoms with Crippen molar-refractivity contribution >= 4 is 18.5 Å². The van der Waals surface area contributed by atoms with Crippen molar-refractivity contribution in [2.75, 3.05) is 19.6 Å². The first kappa shape index (κ1) is 24.2. The fraction of sp³-hybridized carbons (Fsp3) is 0.652. The van der Waals surface area contributed by atoms with Gasteiger partial charge in [-0.2, -0.15) is 0 Å². The quantitative estimate of drug-likeness (QED) is 0.293. The van der Waals surface area contributed by atoms with Crippen LogP contribution in [0.1, 0.15) is 83.6 Å². The number of benzene rings is 1. The van der Waals surface area contributed by atoms with Gasteiger partial charge in [0.2, 0.25) is 0 Å². The summed E-state index contributed by atoms with van der Waals surface area (Å²) in [6.07, 6.45) is 18.7. The zero-order chi connectivity index (χ0) is 17.3. The number of rotatable bonds is 15. The van der Waals surface area contributed by atoms with E-state index in [-0.39, 0.29) is 12.4 Å². The van der Waals surface area contributed by atoms with Crippen molar-refractivity contribution in [1.29, 1.82) is 0 Å². The molecule has 0 amide bonds. The van der Waals surface area contributed by atoms with Gasteiger partial charge in [-0.1, -0.05) is 114 Å². The van der Waals surface area contributed by atoms with E-state index < -0.39 is 0 Å². The molecule has 0 aromatic heterocycles. The van der Waals surface area contributed by atoms with Gasteiger partial charge in [-0.05, 0) is 25.1 Å². The molecule has 0 aliphatic carbocycles. The minimum Gasteiger partial charge on any atom is -0.300 e. The monoisotopic (exact) mass is 365 g/mol. The normalized spacial score (nSPS) is 11.2. The third-order valence-corrected chi connectivity index (χ3v) is 4.75. The minimum absolute atomic E-state index is 0. The van der Waals surface area contributed by atoms with Gasteiger partial charge in [-0.25, -0.2) is 0 Å². The summed E-state index contributed by atoms with van der Waals surface area (Å²) < 4.78 is 0. The van der Waals surface area contributed by atoms with Crippen LogP contribution in [0.15, 0.2) is 36.4 Å². The zero-order valence-electron chi connectivity index (χ0n) is 16.6. The predicted molar refractivity (Wildman–Crippen MR) is 117 cm³/mol. The van der Waals surface area contributed by atoms with Gasteiger partial charge in [0, 0.05) is 6.54 Å². The lowest BCUT2D eigenvalue weighted by Crippen LogP contribution is -2.24. The van der Waals surface area contributed by atoms with E-state index in [1.165, 1.54) is 76.3 Å². The van der Waals surface area contributed by atoms with Gasteiger partial charge in [0.1, 0.15) is 0 Å². The molecule has 0 bridgehead atoms. The van der Waals surface area contributed by atoms with E-state index >= 15 is 0 Å². The minimum atomic E-state index is 0. The standard InChI is InChI=1S/C23H39N.ClH/c1-3-5-6-7-8-9-10-11-12-16-21-24(4-2)22-17-20-23-18-14-13-15-19-23;/h13-15,17-20H,3-12,16,21-22H2,1-2H3;1H. The maximum Gasteiger partial charge on any atom is 0.0166 e. The fourth-order valence-electron chi connectivity index (χ4n) is 3.10. The largest absolute Gasteiger partial charge is 0.300 e. The zero-order valence-corrected chi connectivity index (χ0v) is 17.4. The Bertz CT molecular complexity index is 402. The molecule has 2 heteroatoms. The van der Waals surface area contributed by atoms with Crippen LogP contribution in [0.4, 0.5) is 0 Å². The molecule has 144 valence electrons. The van der Waals surface area contributed by atoms with E-state index in [1.807, 2.05) is 0 Å². The summed E-state index contributed by atoms with van der Waals surface area (Å²) in [4.78, 5) is 2.55. The Balaban J connectivity index is 0.00000576. The molecule has 0 atom stereocenters. The molecular formula is C23H40ClN. The van der Waals surface area contributed by atoms with Gasteiger partial charge in [-0.3, -0.25) is 4.90 Å². The Morgan fingerprint density at radius 2 is 1.32 bits per heavy atom. The molecule has 0 spiro atoms. The van der Waals surface area contributed by atoms with Crippen molar-refractivity contribution in [1.82, 2.24) is 4.90 Å². The Morgan fingerprint density at radius 3 is 1.88 bits per heavy atom. The van der Waals surface area contributed by atoms with E-state index in [0.29, 0.717) is 0 Å². The van der Waals surface area contributed by atoms with Gasteiger partial charge in [-0.15, -0.1) is 12.4 Å². The maximum atomic E-state index is 2.55. The predicted octanol–water partition coefficient (Wildman–Crippen LogP) is 7.36. The molecule has 0 fully saturated rings. The van der Waals surface area contributed by atoms with Gasteiger partial charge in [0.05, 0.1) is 0 Å². The number of hydrogen-bond acceptors (Lipinski definition) is 1. The highest BCUT2D eigenvalue weighted by Gasteiger charge is 1.99. The first-order valence-corrected chi connectivity index (χ1v) is 10.3. The molecule has 25 heavy (non-hydrogen) atoms. The van der Waals surface area contributed by atoms with Crippen LogP contribution in [0.2, 0.25) is 0 Å². The molecular weight excluding hydrogens is 326 g/mol. The molecule has 0 saturated carbocycles. The maximum absolute atomic E-state index is 2.55. The lowest BCUT2D eigenvalue weighted by Gasteiger charge is -2.18. The number of hydrogen-bond donors (Lipinski definition) is 0. The Labute approximate surface area is 163 Å². The highest BCUT2D eigenvalue weighted by atomic mass is 35.5. The van der Waals surface area contributed by atoms with Crippen LogP contribution in [0.5, 0.6) is 0 Å². The highest BCUT2D eigenvalue weighted by Crippen LogP contribution is 2.11. The van der Waals surface area contributed by atoms with E-state index in [4.69, 9.17) is 0 Å². The second kappa shape index (κ2) is 18.0.